The van der Waals surface area contributed by atoms with Crippen LogP contribution < -0.4 is 10.2 Å². The van der Waals surface area contributed by atoms with Gasteiger partial charge < -0.3 is 20.4 Å². The number of aliphatic hydroxyl groups excluding tert-OH is 2. The maximum atomic E-state index is 9.57. The van der Waals surface area contributed by atoms with E-state index in [-0.39, 0.29) is 18.8 Å². The standard InChI is InChI=1S/C17H23N5O2/c1-12(11-23)21-16-3-2-13(8-18-16)14-9-19-17(20-10-14)22-6-4-15(24)5-7-22/h2-3,8-10,12,15,23-24H,4-7,11H2,1H3,(H,18,21)/t12-/m0/s1. The van der Waals surface area contributed by atoms with Crippen molar-refractivity contribution in [2.24, 2.45) is 0 Å². The molecule has 0 saturated carbocycles. The number of piperidine rings is 1. The van der Waals surface area contributed by atoms with Crippen molar-refractivity contribution in [3.63, 3.8) is 0 Å². The van der Waals surface area contributed by atoms with Gasteiger partial charge in [0.05, 0.1) is 12.7 Å². The van der Waals surface area contributed by atoms with Crippen molar-refractivity contribution in [1.82, 2.24) is 15.0 Å². The fraction of sp³-hybridized carbons (Fsp3) is 0.471. The number of hydrogen-bond donors (Lipinski definition) is 3. The molecule has 1 fully saturated rings. The topological polar surface area (TPSA) is 94.4 Å². The van der Waals surface area contributed by atoms with E-state index in [1.165, 1.54) is 0 Å². The highest BCUT2D eigenvalue weighted by molar-refractivity contribution is 5.62. The number of nitrogens with zero attached hydrogens (tertiary/aromatic N) is 4. The lowest BCUT2D eigenvalue weighted by Gasteiger charge is -2.29. The summed E-state index contributed by atoms with van der Waals surface area (Å²) in [5.41, 5.74) is 1.85. The molecule has 7 heteroatoms. The Morgan fingerprint density at radius 1 is 1.12 bits per heavy atom. The quantitative estimate of drug-likeness (QED) is 0.761. The van der Waals surface area contributed by atoms with Crippen molar-refractivity contribution in [3.05, 3.63) is 30.7 Å². The van der Waals surface area contributed by atoms with Gasteiger partial charge in [0.25, 0.3) is 0 Å². The lowest BCUT2D eigenvalue weighted by Crippen LogP contribution is -2.36. The number of nitrogens with one attached hydrogen (secondary N) is 1. The third-order valence-electron chi connectivity index (χ3n) is 4.15. The Morgan fingerprint density at radius 3 is 2.38 bits per heavy atom. The Labute approximate surface area is 141 Å². The Hall–Kier alpha value is -2.25. The molecule has 0 amide bonds. The summed E-state index contributed by atoms with van der Waals surface area (Å²) >= 11 is 0. The summed E-state index contributed by atoms with van der Waals surface area (Å²) in [5.74, 6) is 1.43. The molecule has 0 aromatic carbocycles. The fourth-order valence-electron chi connectivity index (χ4n) is 2.65. The van der Waals surface area contributed by atoms with Crippen LogP contribution in [0.4, 0.5) is 11.8 Å². The minimum atomic E-state index is -0.202. The SMILES string of the molecule is C[C@@H](CO)Nc1ccc(-c2cnc(N3CCC(O)CC3)nc2)cn1. The number of pyridine rings is 1. The second-order valence-corrected chi connectivity index (χ2v) is 6.15. The lowest BCUT2D eigenvalue weighted by molar-refractivity contribution is 0.145. The molecule has 3 rings (SSSR count). The van der Waals surface area contributed by atoms with E-state index in [2.05, 4.69) is 25.2 Å². The summed E-state index contributed by atoms with van der Waals surface area (Å²) in [6.07, 6.45) is 6.68. The fourth-order valence-corrected chi connectivity index (χ4v) is 2.65. The van der Waals surface area contributed by atoms with E-state index in [1.807, 2.05) is 19.1 Å². The van der Waals surface area contributed by atoms with Gasteiger partial charge in [0.1, 0.15) is 5.82 Å². The Morgan fingerprint density at radius 2 is 1.79 bits per heavy atom. The molecule has 1 atom stereocenters. The van der Waals surface area contributed by atoms with Crippen molar-refractivity contribution in [3.8, 4) is 11.1 Å². The summed E-state index contributed by atoms with van der Waals surface area (Å²) in [4.78, 5) is 15.3. The molecular weight excluding hydrogens is 306 g/mol. The second-order valence-electron chi connectivity index (χ2n) is 6.15. The number of hydrogen-bond acceptors (Lipinski definition) is 7. The van der Waals surface area contributed by atoms with Gasteiger partial charge in [0.15, 0.2) is 0 Å². The van der Waals surface area contributed by atoms with Crippen LogP contribution >= 0.6 is 0 Å². The first-order valence-electron chi connectivity index (χ1n) is 8.24. The van der Waals surface area contributed by atoms with Crippen LogP contribution in [0.1, 0.15) is 19.8 Å². The van der Waals surface area contributed by atoms with Gasteiger partial charge in [-0.2, -0.15) is 0 Å². The molecule has 2 aromatic rings. The largest absolute Gasteiger partial charge is 0.394 e. The van der Waals surface area contributed by atoms with Crippen LogP contribution in [0.2, 0.25) is 0 Å². The zero-order valence-corrected chi connectivity index (χ0v) is 13.8. The van der Waals surface area contributed by atoms with Gasteiger partial charge in [0.2, 0.25) is 5.95 Å². The monoisotopic (exact) mass is 329 g/mol. The summed E-state index contributed by atoms with van der Waals surface area (Å²) in [5, 5.41) is 21.7. The molecule has 128 valence electrons. The Kier molecular flexibility index (Phi) is 5.22. The van der Waals surface area contributed by atoms with E-state index in [0.717, 1.165) is 42.9 Å². The highest BCUT2D eigenvalue weighted by atomic mass is 16.3. The Balaban J connectivity index is 1.67. The molecule has 2 aromatic heterocycles. The molecule has 1 aliphatic rings. The van der Waals surface area contributed by atoms with Crippen molar-refractivity contribution >= 4 is 11.8 Å². The predicted molar refractivity (Wildman–Crippen MR) is 92.9 cm³/mol. The zero-order chi connectivity index (χ0) is 16.9. The summed E-state index contributed by atoms with van der Waals surface area (Å²) in [6, 6.07) is 3.80. The van der Waals surface area contributed by atoms with Crippen molar-refractivity contribution in [1.29, 1.82) is 0 Å². The van der Waals surface area contributed by atoms with Gasteiger partial charge in [-0.1, -0.05) is 0 Å². The first kappa shape index (κ1) is 16.6. The highest BCUT2D eigenvalue weighted by Crippen LogP contribution is 2.21. The molecular formula is C17H23N5O2. The van der Waals surface area contributed by atoms with E-state index < -0.39 is 0 Å². The number of aliphatic hydroxyl groups is 2. The first-order valence-corrected chi connectivity index (χ1v) is 8.24. The molecule has 24 heavy (non-hydrogen) atoms. The number of rotatable bonds is 5. The van der Waals surface area contributed by atoms with E-state index in [1.54, 1.807) is 18.6 Å². The van der Waals surface area contributed by atoms with Gasteiger partial charge in [-0.25, -0.2) is 15.0 Å². The summed E-state index contributed by atoms with van der Waals surface area (Å²) < 4.78 is 0. The minimum absolute atomic E-state index is 0.0333. The van der Waals surface area contributed by atoms with Crippen LogP contribution in [0.5, 0.6) is 0 Å². The maximum absolute atomic E-state index is 9.57. The molecule has 3 heterocycles. The van der Waals surface area contributed by atoms with E-state index in [9.17, 15) is 5.11 Å². The molecule has 1 saturated heterocycles. The lowest BCUT2D eigenvalue weighted by atomic mass is 10.1. The average molecular weight is 329 g/mol. The number of anilines is 2. The number of aromatic nitrogens is 3. The van der Waals surface area contributed by atoms with Crippen molar-refractivity contribution < 1.29 is 10.2 Å². The van der Waals surface area contributed by atoms with Crippen molar-refractivity contribution in [2.75, 3.05) is 29.9 Å². The first-order chi connectivity index (χ1) is 11.7. The average Bonchev–Trinajstić information content (AvgIpc) is 2.63. The minimum Gasteiger partial charge on any atom is -0.394 e. The van der Waals surface area contributed by atoms with Crippen LogP contribution in [0.25, 0.3) is 11.1 Å². The van der Waals surface area contributed by atoms with E-state index in [0.29, 0.717) is 5.95 Å². The predicted octanol–water partition coefficient (Wildman–Crippen LogP) is 1.29. The van der Waals surface area contributed by atoms with Gasteiger partial charge in [0, 0.05) is 48.8 Å². The van der Waals surface area contributed by atoms with Crippen LogP contribution in [-0.4, -0.2) is 57.0 Å². The second kappa shape index (κ2) is 7.55. The highest BCUT2D eigenvalue weighted by Gasteiger charge is 2.18. The Bertz CT molecular complexity index is 639. The van der Waals surface area contributed by atoms with E-state index >= 15 is 0 Å². The normalized spacial score (nSPS) is 16.9. The molecule has 0 bridgehead atoms. The van der Waals surface area contributed by atoms with Gasteiger partial charge in [-0.05, 0) is 31.9 Å². The maximum Gasteiger partial charge on any atom is 0.225 e. The van der Waals surface area contributed by atoms with Gasteiger partial charge >= 0.3 is 0 Å². The van der Waals surface area contributed by atoms with Gasteiger partial charge in [-0.15, -0.1) is 0 Å². The summed E-state index contributed by atoms with van der Waals surface area (Å²) in [7, 11) is 0. The van der Waals surface area contributed by atoms with Crippen molar-refractivity contribution in [2.45, 2.75) is 31.9 Å². The molecule has 0 unspecified atom stereocenters. The van der Waals surface area contributed by atoms with Gasteiger partial charge in [-0.3, -0.25) is 0 Å². The third kappa shape index (κ3) is 3.98. The van der Waals surface area contributed by atoms with Crippen LogP contribution in [-0.2, 0) is 0 Å². The third-order valence-corrected chi connectivity index (χ3v) is 4.15. The molecule has 1 aliphatic heterocycles. The molecule has 3 N–H and O–H groups in total. The summed E-state index contributed by atoms with van der Waals surface area (Å²) in [6.45, 7) is 3.52. The van der Waals surface area contributed by atoms with Crippen LogP contribution in [0.15, 0.2) is 30.7 Å². The van der Waals surface area contributed by atoms with Crippen LogP contribution in [0, 0.1) is 0 Å². The molecule has 0 radical (unpaired) electrons. The molecule has 0 spiro atoms. The zero-order valence-electron chi connectivity index (χ0n) is 13.8. The molecule has 0 aliphatic carbocycles. The smallest absolute Gasteiger partial charge is 0.225 e. The molecule has 7 nitrogen and oxygen atoms in total. The van der Waals surface area contributed by atoms with E-state index in [4.69, 9.17) is 5.11 Å². The van der Waals surface area contributed by atoms with Crippen LogP contribution in [0.3, 0.4) is 0 Å².